The molecule has 0 N–H and O–H groups in total. The van der Waals surface area contributed by atoms with Gasteiger partial charge in [0.05, 0.1) is 13.0 Å². The number of hydrogen-bond acceptors (Lipinski definition) is 3. The summed E-state index contributed by atoms with van der Waals surface area (Å²) in [6.07, 6.45) is 0.372. The number of benzene rings is 1. The molecule has 0 unspecified atom stereocenters. The maximum atomic E-state index is 11.4. The van der Waals surface area contributed by atoms with Crippen LogP contribution in [0.25, 0.3) is 10.1 Å². The van der Waals surface area contributed by atoms with Crippen LogP contribution in [0.2, 0.25) is 0 Å². The Bertz CT molecular complexity index is 514. The highest BCUT2D eigenvalue weighted by atomic mass is 32.1. The topological polar surface area (TPSA) is 26.3 Å². The van der Waals surface area contributed by atoms with Gasteiger partial charge in [0.2, 0.25) is 0 Å². The molecule has 0 atom stereocenters. The van der Waals surface area contributed by atoms with Crippen molar-refractivity contribution in [2.75, 3.05) is 6.61 Å². The summed E-state index contributed by atoms with van der Waals surface area (Å²) in [7, 11) is 0. The van der Waals surface area contributed by atoms with Crippen molar-refractivity contribution in [3.8, 4) is 0 Å². The fourth-order valence-electron chi connectivity index (χ4n) is 1.69. The molecular formula is C13H14O2S. The molecule has 1 heterocycles. The van der Waals surface area contributed by atoms with Crippen molar-refractivity contribution >= 4 is 27.4 Å². The third-order valence-corrected chi connectivity index (χ3v) is 3.45. The van der Waals surface area contributed by atoms with E-state index in [4.69, 9.17) is 4.74 Å². The van der Waals surface area contributed by atoms with Gasteiger partial charge in [0.1, 0.15) is 0 Å². The van der Waals surface area contributed by atoms with Crippen molar-refractivity contribution in [1.82, 2.24) is 0 Å². The lowest BCUT2D eigenvalue weighted by Gasteiger charge is -2.00. The summed E-state index contributed by atoms with van der Waals surface area (Å²) in [6.45, 7) is 4.34. The lowest BCUT2D eigenvalue weighted by atomic mass is 10.1. The largest absolute Gasteiger partial charge is 0.466 e. The van der Waals surface area contributed by atoms with E-state index in [9.17, 15) is 4.79 Å². The molecule has 0 saturated heterocycles. The molecule has 0 spiro atoms. The van der Waals surface area contributed by atoms with Crippen molar-refractivity contribution in [3.63, 3.8) is 0 Å². The number of ether oxygens (including phenoxy) is 1. The highest BCUT2D eigenvalue weighted by molar-refractivity contribution is 7.17. The maximum absolute atomic E-state index is 11.4. The molecule has 1 aromatic carbocycles. The smallest absolute Gasteiger partial charge is 0.310 e. The molecule has 84 valence electrons. The Kier molecular flexibility index (Phi) is 3.25. The van der Waals surface area contributed by atoms with Gasteiger partial charge in [-0.3, -0.25) is 4.79 Å². The second-order valence-corrected chi connectivity index (χ2v) is 4.65. The van der Waals surface area contributed by atoms with Gasteiger partial charge in [0, 0.05) is 4.70 Å². The van der Waals surface area contributed by atoms with Crippen LogP contribution in [0.3, 0.4) is 0 Å². The lowest BCUT2D eigenvalue weighted by Crippen LogP contribution is -2.06. The molecule has 0 aliphatic heterocycles. The van der Waals surface area contributed by atoms with Crippen molar-refractivity contribution in [2.45, 2.75) is 20.3 Å². The average molecular weight is 234 g/mol. The zero-order chi connectivity index (χ0) is 11.5. The van der Waals surface area contributed by atoms with E-state index in [1.807, 2.05) is 12.3 Å². The average Bonchev–Trinajstić information content (AvgIpc) is 2.61. The number of fused-ring (bicyclic) bond motifs is 1. The van der Waals surface area contributed by atoms with Crippen molar-refractivity contribution in [2.24, 2.45) is 0 Å². The molecule has 0 bridgehead atoms. The fourth-order valence-corrected chi connectivity index (χ4v) is 2.75. The number of carbonyl (C=O) groups is 1. The van der Waals surface area contributed by atoms with Gasteiger partial charge in [-0.2, -0.15) is 0 Å². The van der Waals surface area contributed by atoms with E-state index in [-0.39, 0.29) is 5.97 Å². The van der Waals surface area contributed by atoms with Gasteiger partial charge >= 0.3 is 5.97 Å². The molecule has 2 nitrogen and oxygen atoms in total. The summed E-state index contributed by atoms with van der Waals surface area (Å²) in [6, 6.07) is 6.30. The van der Waals surface area contributed by atoms with Crippen LogP contribution in [-0.4, -0.2) is 12.6 Å². The number of hydrogen-bond donors (Lipinski definition) is 0. The molecule has 0 aliphatic carbocycles. The van der Waals surface area contributed by atoms with Crippen LogP contribution >= 0.6 is 11.3 Å². The van der Waals surface area contributed by atoms with Gasteiger partial charge in [-0.25, -0.2) is 0 Å². The zero-order valence-corrected chi connectivity index (χ0v) is 10.3. The zero-order valence-electron chi connectivity index (χ0n) is 9.45. The van der Waals surface area contributed by atoms with E-state index >= 15 is 0 Å². The predicted molar refractivity (Wildman–Crippen MR) is 66.9 cm³/mol. The van der Waals surface area contributed by atoms with Crippen LogP contribution in [0.5, 0.6) is 0 Å². The monoisotopic (exact) mass is 234 g/mol. The van der Waals surface area contributed by atoms with E-state index in [0.29, 0.717) is 13.0 Å². The van der Waals surface area contributed by atoms with Crippen LogP contribution < -0.4 is 0 Å². The van der Waals surface area contributed by atoms with E-state index in [0.717, 1.165) is 5.56 Å². The molecule has 0 saturated carbocycles. The Balaban J connectivity index is 2.28. The SMILES string of the molecule is CCOC(=O)Cc1csc2cc(C)ccc12. The molecule has 2 aromatic rings. The van der Waals surface area contributed by atoms with E-state index in [1.54, 1.807) is 11.3 Å². The lowest BCUT2D eigenvalue weighted by molar-refractivity contribution is -0.142. The first-order chi connectivity index (χ1) is 7.70. The first kappa shape index (κ1) is 11.1. The molecule has 0 fully saturated rings. The Labute approximate surface area is 98.9 Å². The Morgan fingerprint density at radius 1 is 1.44 bits per heavy atom. The van der Waals surface area contributed by atoms with Gasteiger partial charge in [0.25, 0.3) is 0 Å². The summed E-state index contributed by atoms with van der Waals surface area (Å²) in [5.74, 6) is -0.150. The van der Waals surface area contributed by atoms with Gasteiger partial charge < -0.3 is 4.74 Å². The van der Waals surface area contributed by atoms with Crippen molar-refractivity contribution in [1.29, 1.82) is 0 Å². The van der Waals surface area contributed by atoms with Crippen LogP contribution in [0.4, 0.5) is 0 Å². The van der Waals surface area contributed by atoms with Crippen LogP contribution in [0, 0.1) is 6.92 Å². The first-order valence-corrected chi connectivity index (χ1v) is 6.21. The number of aryl methyl sites for hydroxylation is 1. The minimum atomic E-state index is -0.150. The van der Waals surface area contributed by atoms with E-state index < -0.39 is 0 Å². The second kappa shape index (κ2) is 4.66. The molecule has 0 radical (unpaired) electrons. The number of esters is 1. The first-order valence-electron chi connectivity index (χ1n) is 5.33. The molecule has 0 amide bonds. The molecular weight excluding hydrogens is 220 g/mol. The van der Waals surface area contributed by atoms with Gasteiger partial charge in [0.15, 0.2) is 0 Å². The van der Waals surface area contributed by atoms with Gasteiger partial charge in [-0.1, -0.05) is 12.1 Å². The molecule has 0 aliphatic rings. The summed E-state index contributed by atoms with van der Waals surface area (Å²) in [5.41, 5.74) is 2.32. The molecule has 16 heavy (non-hydrogen) atoms. The minimum Gasteiger partial charge on any atom is -0.466 e. The van der Waals surface area contributed by atoms with E-state index in [2.05, 4.69) is 25.1 Å². The van der Waals surface area contributed by atoms with Gasteiger partial charge in [-0.05, 0) is 41.8 Å². The number of carbonyl (C=O) groups excluding carboxylic acids is 1. The summed E-state index contributed by atoms with van der Waals surface area (Å²) >= 11 is 1.68. The Morgan fingerprint density at radius 3 is 3.00 bits per heavy atom. The van der Waals surface area contributed by atoms with Crippen LogP contribution in [0.1, 0.15) is 18.1 Å². The summed E-state index contributed by atoms with van der Waals surface area (Å²) in [4.78, 5) is 11.4. The van der Waals surface area contributed by atoms with E-state index in [1.165, 1.54) is 15.6 Å². The maximum Gasteiger partial charge on any atom is 0.310 e. The highest BCUT2D eigenvalue weighted by Gasteiger charge is 2.09. The molecule has 3 heteroatoms. The van der Waals surface area contributed by atoms with Crippen molar-refractivity contribution < 1.29 is 9.53 Å². The third-order valence-electron chi connectivity index (χ3n) is 2.45. The number of thiophene rings is 1. The summed E-state index contributed by atoms with van der Waals surface area (Å²) < 4.78 is 6.19. The standard InChI is InChI=1S/C13H14O2S/c1-3-15-13(14)7-10-8-16-12-6-9(2)4-5-11(10)12/h4-6,8H,3,7H2,1-2H3. The Hall–Kier alpha value is -1.35. The minimum absolute atomic E-state index is 0.150. The van der Waals surface area contributed by atoms with Gasteiger partial charge in [-0.15, -0.1) is 11.3 Å². The molecule has 2 rings (SSSR count). The summed E-state index contributed by atoms with van der Waals surface area (Å²) in [5, 5.41) is 3.21. The quantitative estimate of drug-likeness (QED) is 0.761. The van der Waals surface area contributed by atoms with Crippen molar-refractivity contribution in [3.05, 3.63) is 34.7 Å². The normalized spacial score (nSPS) is 10.6. The third kappa shape index (κ3) is 2.25. The van der Waals surface area contributed by atoms with Crippen LogP contribution in [-0.2, 0) is 16.0 Å². The van der Waals surface area contributed by atoms with Crippen LogP contribution in [0.15, 0.2) is 23.6 Å². The highest BCUT2D eigenvalue weighted by Crippen LogP contribution is 2.27. The number of rotatable bonds is 3. The molecule has 1 aromatic heterocycles. The predicted octanol–water partition coefficient (Wildman–Crippen LogP) is 3.32. The second-order valence-electron chi connectivity index (χ2n) is 3.74. The Morgan fingerprint density at radius 2 is 2.25 bits per heavy atom. The fraction of sp³-hybridized carbons (Fsp3) is 0.308.